The molecule has 8 unspecified atom stereocenters. The number of amides is 4. The summed E-state index contributed by atoms with van der Waals surface area (Å²) in [5.41, 5.74) is 7.45. The molecule has 6 rings (SSSR count). The van der Waals surface area contributed by atoms with Gasteiger partial charge in [0, 0.05) is 43.3 Å². The van der Waals surface area contributed by atoms with Gasteiger partial charge in [0.05, 0.1) is 19.3 Å². The van der Waals surface area contributed by atoms with Crippen molar-refractivity contribution in [1.29, 1.82) is 0 Å². The highest BCUT2D eigenvalue weighted by Gasteiger charge is 2.57. The SMILES string of the molecule is CCC1=CC2C(C1)CC2(CNC(=O)NCCC(=O)OC1CC(C)(C)C(C=CC(C)=CC=CC(C)=CC=CC=C(C)C=CC=C(C)C=CC2=C(C)C(=O)C(OC(=O)CNC(=O)NCC3(CC(=O)O)CC4CC(CC)=CC43)CC2(C)C)=C(C)C1=O)CC(=O)O. The van der Waals surface area contributed by atoms with Crippen molar-refractivity contribution < 1.29 is 58.0 Å². The maximum atomic E-state index is 13.5. The molecule has 8 atom stereocenters. The number of urea groups is 2. The molecule has 16 nitrogen and oxygen atoms in total. The number of rotatable bonds is 27. The van der Waals surface area contributed by atoms with Crippen LogP contribution in [0.2, 0.25) is 0 Å². The van der Waals surface area contributed by atoms with Crippen molar-refractivity contribution in [2.24, 2.45) is 45.3 Å². The number of fused-ring (bicyclic) bond motifs is 2. The van der Waals surface area contributed by atoms with Gasteiger partial charge < -0.3 is 41.0 Å². The summed E-state index contributed by atoms with van der Waals surface area (Å²) in [6.07, 6.45) is 35.9. The van der Waals surface area contributed by atoms with Crippen molar-refractivity contribution in [3.63, 3.8) is 0 Å². The third-order valence-electron chi connectivity index (χ3n) is 18.6. The van der Waals surface area contributed by atoms with Crippen molar-refractivity contribution in [2.75, 3.05) is 26.2 Å². The number of ether oxygens (including phenoxy) is 2. The number of hydrogen-bond donors (Lipinski definition) is 6. The van der Waals surface area contributed by atoms with Crippen molar-refractivity contribution in [3.8, 4) is 0 Å². The summed E-state index contributed by atoms with van der Waals surface area (Å²) in [7, 11) is 0. The molecule has 2 fully saturated rings. The molecule has 0 aromatic carbocycles. The van der Waals surface area contributed by atoms with Crippen LogP contribution in [-0.2, 0) is 38.2 Å². The number of carboxylic acid groups (broad SMARTS) is 2. The molecule has 0 radical (unpaired) electrons. The molecule has 0 heterocycles. The fourth-order valence-electron chi connectivity index (χ4n) is 13.8. The number of carbonyl (C=O) groups is 8. The minimum absolute atomic E-state index is 0.00701. The monoisotopic (exact) mass is 1190 g/mol. The van der Waals surface area contributed by atoms with Crippen LogP contribution in [0.5, 0.6) is 0 Å². The second-order valence-corrected chi connectivity index (χ2v) is 26.4. The molecule has 6 aliphatic carbocycles. The molecule has 0 bridgehead atoms. The van der Waals surface area contributed by atoms with E-state index in [2.05, 4.69) is 47.3 Å². The van der Waals surface area contributed by atoms with Crippen LogP contribution in [0.15, 0.2) is 153 Å². The lowest BCUT2D eigenvalue weighted by Gasteiger charge is -2.51. The summed E-state index contributed by atoms with van der Waals surface area (Å²) in [4.78, 5) is 102. The van der Waals surface area contributed by atoms with Crippen LogP contribution in [-0.4, -0.2) is 96.1 Å². The first-order chi connectivity index (χ1) is 41.0. The molecule has 0 saturated heterocycles. The zero-order chi connectivity index (χ0) is 64.0. The minimum Gasteiger partial charge on any atom is -0.481 e. The average molecular weight is 1200 g/mol. The van der Waals surface area contributed by atoms with Crippen LogP contribution in [0.1, 0.15) is 154 Å². The minimum atomic E-state index is -0.992. The second kappa shape index (κ2) is 29.9. The summed E-state index contributed by atoms with van der Waals surface area (Å²) in [6.45, 7) is 23.7. The number of esters is 2. The van der Waals surface area contributed by atoms with Crippen LogP contribution in [0, 0.1) is 45.3 Å². The molecule has 6 aliphatic rings. The van der Waals surface area contributed by atoms with E-state index in [9.17, 15) is 48.6 Å². The maximum absolute atomic E-state index is 13.5. The largest absolute Gasteiger partial charge is 0.481 e. The Morgan fingerprint density at radius 3 is 1.36 bits per heavy atom. The summed E-state index contributed by atoms with van der Waals surface area (Å²) < 4.78 is 11.3. The number of carbonyl (C=O) groups excluding carboxylic acids is 6. The Morgan fingerprint density at radius 1 is 0.552 bits per heavy atom. The van der Waals surface area contributed by atoms with Crippen LogP contribution in [0.3, 0.4) is 0 Å². The Balaban J connectivity index is 0.900. The van der Waals surface area contributed by atoms with E-state index in [4.69, 9.17) is 9.47 Å². The van der Waals surface area contributed by atoms with Gasteiger partial charge in [-0.05, 0) is 137 Å². The van der Waals surface area contributed by atoms with Crippen LogP contribution < -0.4 is 21.3 Å². The lowest BCUT2D eigenvalue weighted by molar-refractivity contribution is -0.156. The Labute approximate surface area is 515 Å². The zero-order valence-corrected chi connectivity index (χ0v) is 53.3. The van der Waals surface area contributed by atoms with E-state index in [0.717, 1.165) is 72.0 Å². The Kier molecular flexibility index (Phi) is 23.5. The smallest absolute Gasteiger partial charge is 0.326 e. The van der Waals surface area contributed by atoms with Gasteiger partial charge in [-0.15, -0.1) is 0 Å². The van der Waals surface area contributed by atoms with Gasteiger partial charge in [0.15, 0.2) is 23.8 Å². The van der Waals surface area contributed by atoms with Crippen LogP contribution in [0.4, 0.5) is 9.59 Å². The van der Waals surface area contributed by atoms with Crippen LogP contribution >= 0.6 is 0 Å². The van der Waals surface area contributed by atoms with Gasteiger partial charge in [0.2, 0.25) is 0 Å². The number of aliphatic carboxylic acids is 2. The molecule has 16 heteroatoms. The fraction of sp³-hybridized carbons (Fsp3) is 0.521. The molecule has 0 aromatic rings. The second-order valence-electron chi connectivity index (χ2n) is 26.4. The third-order valence-corrected chi connectivity index (χ3v) is 18.6. The normalized spacial score (nSPS) is 27.3. The van der Waals surface area contributed by atoms with Gasteiger partial charge in [-0.25, -0.2) is 9.59 Å². The number of nitrogens with one attached hydrogen (secondary N) is 4. The van der Waals surface area contributed by atoms with E-state index in [1.54, 1.807) is 13.8 Å². The Bertz CT molecular complexity index is 3130. The number of Topliss-reactive ketones (excluding diaryl/α,β-unsaturated/α-hetero) is 2. The van der Waals surface area contributed by atoms with Gasteiger partial charge in [0.25, 0.3) is 0 Å². The molecule has 0 aliphatic heterocycles. The van der Waals surface area contributed by atoms with Crippen molar-refractivity contribution >= 4 is 47.5 Å². The number of carboxylic acids is 2. The van der Waals surface area contributed by atoms with E-state index in [1.807, 2.05) is 140 Å². The Hall–Kier alpha value is -7.62. The molecule has 0 spiro atoms. The number of ketones is 2. The van der Waals surface area contributed by atoms with Crippen molar-refractivity contribution in [2.45, 2.75) is 166 Å². The highest BCUT2D eigenvalue weighted by atomic mass is 16.6. The maximum Gasteiger partial charge on any atom is 0.326 e. The molecule has 6 N–H and O–H groups in total. The lowest BCUT2D eigenvalue weighted by atomic mass is 9.53. The van der Waals surface area contributed by atoms with Crippen molar-refractivity contribution in [3.05, 3.63) is 153 Å². The molecule has 470 valence electrons. The van der Waals surface area contributed by atoms with Gasteiger partial charge in [-0.1, -0.05) is 172 Å². The molecular weight excluding hydrogens is 1100 g/mol. The fourth-order valence-corrected chi connectivity index (χ4v) is 13.8. The summed E-state index contributed by atoms with van der Waals surface area (Å²) in [6, 6.07) is -1.07. The van der Waals surface area contributed by atoms with E-state index in [-0.39, 0.29) is 68.7 Å². The predicted molar refractivity (Wildman–Crippen MR) is 339 cm³/mol. The van der Waals surface area contributed by atoms with Gasteiger partial charge in [-0.2, -0.15) is 0 Å². The molecule has 4 amide bonds. The Morgan fingerprint density at radius 2 is 0.943 bits per heavy atom. The van der Waals surface area contributed by atoms with Gasteiger partial charge in [0.1, 0.15) is 6.54 Å². The number of allylic oxidation sites excluding steroid dienone is 24. The lowest BCUT2D eigenvalue weighted by Crippen LogP contribution is -2.54. The van der Waals surface area contributed by atoms with Crippen molar-refractivity contribution in [1.82, 2.24) is 21.3 Å². The topological polar surface area (TPSA) is 244 Å². The highest BCUT2D eigenvalue weighted by Crippen LogP contribution is 2.61. The summed E-state index contributed by atoms with van der Waals surface area (Å²) >= 11 is 0. The predicted octanol–water partition coefficient (Wildman–Crippen LogP) is 12.7. The molecule has 87 heavy (non-hydrogen) atoms. The first-order valence-corrected chi connectivity index (χ1v) is 30.8. The average Bonchev–Trinajstić information content (AvgIpc) is 1.68. The van der Waals surface area contributed by atoms with E-state index in [1.165, 1.54) is 11.1 Å². The third kappa shape index (κ3) is 18.2. The first-order valence-electron chi connectivity index (χ1n) is 30.8. The van der Waals surface area contributed by atoms with Gasteiger partial charge in [-0.3, -0.25) is 28.8 Å². The van der Waals surface area contributed by atoms with E-state index < -0.39 is 76.4 Å². The zero-order valence-electron chi connectivity index (χ0n) is 53.3. The standard InChI is InChI=1S/C71H94N4O12/c1-13-50-31-52-35-70(39-60(76)77,56(52)33-50)42-74-66(84)72-30-29-62(80)86-58-37-68(9,10)54(48(7)64(58)82)27-25-46(5)23-17-21-44(3)19-15-16-20-45(4)22-18-24-47(6)26-28-55-49(8)65(83)59(38-69(55,11)12)87-63(81)41-73-67(85)75-43-71(40-61(78)79)36-53-32-51(14-2)34-57(53)71/h15-28,33-34,52-53,56-59H,13-14,29-32,35-43H2,1-12H3,(H,76,77)(H,78,79)(H2,72,74,84)(H2,73,75,85). The molecule has 2 saturated carbocycles. The first kappa shape index (κ1) is 68.5. The molecule has 0 aromatic heterocycles. The van der Waals surface area contributed by atoms with E-state index in [0.29, 0.717) is 29.4 Å². The summed E-state index contributed by atoms with van der Waals surface area (Å²) in [5.74, 6) is -2.56. The van der Waals surface area contributed by atoms with Crippen LogP contribution in [0.25, 0.3) is 0 Å². The number of hydrogen-bond acceptors (Lipinski definition) is 10. The highest BCUT2D eigenvalue weighted by molar-refractivity contribution is 6.02. The van der Waals surface area contributed by atoms with E-state index >= 15 is 0 Å². The quantitative estimate of drug-likeness (QED) is 0.0256. The van der Waals surface area contributed by atoms with Gasteiger partial charge >= 0.3 is 35.9 Å². The molecular formula is C71H94N4O12. The summed E-state index contributed by atoms with van der Waals surface area (Å²) in [5, 5.41) is 30.1.